The molecule has 28 heavy (non-hydrogen) atoms. The van der Waals surface area contributed by atoms with Crippen LogP contribution in [0.2, 0.25) is 0 Å². The van der Waals surface area contributed by atoms with Gasteiger partial charge in [-0.05, 0) is 52.2 Å². The summed E-state index contributed by atoms with van der Waals surface area (Å²) in [6.45, 7) is 3.02. The van der Waals surface area contributed by atoms with Crippen molar-refractivity contribution in [1.82, 2.24) is 9.88 Å². The van der Waals surface area contributed by atoms with Gasteiger partial charge in [-0.1, -0.05) is 42.0 Å². The van der Waals surface area contributed by atoms with Crippen LogP contribution in [0.15, 0.2) is 64.5 Å². The predicted octanol–water partition coefficient (Wildman–Crippen LogP) is 5.89. The van der Waals surface area contributed by atoms with Gasteiger partial charge in [0.2, 0.25) is 0 Å². The zero-order chi connectivity index (χ0) is 19.7. The molecule has 0 saturated carbocycles. The van der Waals surface area contributed by atoms with Gasteiger partial charge in [0, 0.05) is 18.5 Å². The van der Waals surface area contributed by atoms with Crippen molar-refractivity contribution in [3.8, 4) is 0 Å². The van der Waals surface area contributed by atoms with E-state index in [1.807, 2.05) is 16.0 Å². The second-order valence-corrected chi connectivity index (χ2v) is 8.47. The molecule has 0 unspecified atom stereocenters. The SMILES string of the molecule is Cc1ccc(Cn2c(C(=O)NCc3ccc(F)cc3)cc3scc(Br)c32)cc1. The van der Waals surface area contributed by atoms with E-state index in [9.17, 15) is 9.18 Å². The van der Waals surface area contributed by atoms with E-state index in [1.54, 1.807) is 23.5 Å². The highest BCUT2D eigenvalue weighted by Gasteiger charge is 2.19. The van der Waals surface area contributed by atoms with E-state index in [0.717, 1.165) is 25.8 Å². The van der Waals surface area contributed by atoms with Crippen molar-refractivity contribution in [3.63, 3.8) is 0 Å². The summed E-state index contributed by atoms with van der Waals surface area (Å²) < 4.78 is 17.1. The van der Waals surface area contributed by atoms with E-state index in [0.29, 0.717) is 18.8 Å². The van der Waals surface area contributed by atoms with Gasteiger partial charge in [-0.25, -0.2) is 4.39 Å². The molecule has 0 spiro atoms. The number of hydrogen-bond donors (Lipinski definition) is 1. The second-order valence-electron chi connectivity index (χ2n) is 6.71. The Bertz CT molecular complexity index is 1130. The number of nitrogens with zero attached hydrogens (tertiary/aromatic N) is 1. The van der Waals surface area contributed by atoms with Gasteiger partial charge in [-0.2, -0.15) is 0 Å². The molecule has 4 rings (SSSR count). The lowest BCUT2D eigenvalue weighted by Gasteiger charge is -2.12. The number of benzene rings is 2. The van der Waals surface area contributed by atoms with Crippen molar-refractivity contribution in [1.29, 1.82) is 0 Å². The Morgan fingerprint density at radius 1 is 1.11 bits per heavy atom. The van der Waals surface area contributed by atoms with E-state index in [1.165, 1.54) is 17.7 Å². The smallest absolute Gasteiger partial charge is 0.268 e. The lowest BCUT2D eigenvalue weighted by atomic mass is 10.1. The highest BCUT2D eigenvalue weighted by atomic mass is 79.9. The summed E-state index contributed by atoms with van der Waals surface area (Å²) in [4.78, 5) is 12.9. The Morgan fingerprint density at radius 3 is 2.50 bits per heavy atom. The van der Waals surface area contributed by atoms with E-state index in [2.05, 4.69) is 52.4 Å². The zero-order valence-electron chi connectivity index (χ0n) is 15.2. The van der Waals surface area contributed by atoms with Gasteiger partial charge in [0.05, 0.1) is 14.7 Å². The summed E-state index contributed by atoms with van der Waals surface area (Å²) in [5.74, 6) is -0.432. The van der Waals surface area contributed by atoms with Gasteiger partial charge in [0.1, 0.15) is 11.5 Å². The van der Waals surface area contributed by atoms with Crippen molar-refractivity contribution >= 4 is 43.4 Å². The molecule has 142 valence electrons. The molecule has 2 aromatic heterocycles. The molecule has 6 heteroatoms. The van der Waals surface area contributed by atoms with Crippen LogP contribution in [-0.2, 0) is 13.1 Å². The molecule has 0 aliphatic heterocycles. The maximum atomic E-state index is 13.1. The summed E-state index contributed by atoms with van der Waals surface area (Å²) >= 11 is 5.22. The Labute approximate surface area is 174 Å². The number of thiophene rings is 1. The molecule has 0 fully saturated rings. The Balaban J connectivity index is 1.62. The molecule has 0 bridgehead atoms. The molecule has 0 aliphatic carbocycles. The van der Waals surface area contributed by atoms with E-state index >= 15 is 0 Å². The fourth-order valence-electron chi connectivity index (χ4n) is 3.13. The topological polar surface area (TPSA) is 34.0 Å². The maximum Gasteiger partial charge on any atom is 0.268 e. The maximum absolute atomic E-state index is 13.1. The average molecular weight is 457 g/mol. The van der Waals surface area contributed by atoms with E-state index < -0.39 is 0 Å². The first-order valence-electron chi connectivity index (χ1n) is 8.85. The molecule has 3 nitrogen and oxygen atoms in total. The Morgan fingerprint density at radius 2 is 1.79 bits per heavy atom. The third-order valence-corrected chi connectivity index (χ3v) is 6.46. The summed E-state index contributed by atoms with van der Waals surface area (Å²) in [7, 11) is 0. The van der Waals surface area contributed by atoms with Crippen molar-refractivity contribution in [2.24, 2.45) is 0 Å². The number of carbonyl (C=O) groups excluding carboxylic acids is 1. The fourth-order valence-corrected chi connectivity index (χ4v) is 4.83. The van der Waals surface area contributed by atoms with Crippen molar-refractivity contribution in [2.45, 2.75) is 20.0 Å². The molecule has 1 amide bonds. The predicted molar refractivity (Wildman–Crippen MR) is 115 cm³/mol. The van der Waals surface area contributed by atoms with Crippen LogP contribution in [0.5, 0.6) is 0 Å². The van der Waals surface area contributed by atoms with Crippen LogP contribution in [-0.4, -0.2) is 10.5 Å². The van der Waals surface area contributed by atoms with E-state index in [-0.39, 0.29) is 11.7 Å². The third-order valence-electron chi connectivity index (χ3n) is 4.64. The molecule has 2 aromatic carbocycles. The number of aryl methyl sites for hydroxylation is 1. The normalized spacial score (nSPS) is 11.1. The van der Waals surface area contributed by atoms with Crippen LogP contribution in [0.1, 0.15) is 27.2 Å². The average Bonchev–Trinajstić information content (AvgIpc) is 3.23. The van der Waals surface area contributed by atoms with Crippen LogP contribution in [0.4, 0.5) is 4.39 Å². The highest BCUT2D eigenvalue weighted by Crippen LogP contribution is 2.33. The first-order valence-corrected chi connectivity index (χ1v) is 10.5. The molecule has 0 aliphatic rings. The number of nitrogens with one attached hydrogen (secondary N) is 1. The Kier molecular flexibility index (Phi) is 5.33. The summed E-state index contributed by atoms with van der Waals surface area (Å²) in [6, 6.07) is 16.4. The third kappa shape index (κ3) is 3.88. The minimum atomic E-state index is -0.285. The number of rotatable bonds is 5. The number of halogens is 2. The van der Waals surface area contributed by atoms with Gasteiger partial charge in [-0.3, -0.25) is 4.79 Å². The van der Waals surface area contributed by atoms with Gasteiger partial charge in [-0.15, -0.1) is 11.3 Å². The monoisotopic (exact) mass is 456 g/mol. The largest absolute Gasteiger partial charge is 0.347 e. The quantitative estimate of drug-likeness (QED) is 0.398. The Hall–Kier alpha value is -2.44. The number of carbonyl (C=O) groups is 1. The molecule has 0 radical (unpaired) electrons. The van der Waals surface area contributed by atoms with Crippen LogP contribution < -0.4 is 5.32 Å². The molecule has 4 aromatic rings. The van der Waals surface area contributed by atoms with Crippen LogP contribution in [0.3, 0.4) is 0 Å². The molecular weight excluding hydrogens is 439 g/mol. The second kappa shape index (κ2) is 7.89. The highest BCUT2D eigenvalue weighted by molar-refractivity contribution is 9.10. The van der Waals surface area contributed by atoms with Crippen molar-refractivity contribution < 1.29 is 9.18 Å². The molecule has 2 heterocycles. The van der Waals surface area contributed by atoms with Gasteiger partial charge >= 0.3 is 0 Å². The van der Waals surface area contributed by atoms with Gasteiger partial charge < -0.3 is 9.88 Å². The number of hydrogen-bond acceptors (Lipinski definition) is 2. The molecule has 0 atom stereocenters. The molecule has 1 N–H and O–H groups in total. The minimum Gasteiger partial charge on any atom is -0.347 e. The minimum absolute atomic E-state index is 0.147. The van der Waals surface area contributed by atoms with Crippen molar-refractivity contribution in [2.75, 3.05) is 0 Å². The summed E-state index contributed by atoms with van der Waals surface area (Å²) in [5, 5.41) is 4.99. The lowest BCUT2D eigenvalue weighted by molar-refractivity contribution is 0.0942. The number of amides is 1. The number of aromatic nitrogens is 1. The summed E-state index contributed by atoms with van der Waals surface area (Å²) in [6.07, 6.45) is 0. The van der Waals surface area contributed by atoms with E-state index in [4.69, 9.17) is 0 Å². The van der Waals surface area contributed by atoms with Crippen LogP contribution in [0.25, 0.3) is 10.2 Å². The zero-order valence-corrected chi connectivity index (χ0v) is 17.6. The molecular formula is C22H18BrFN2OS. The fraction of sp³-hybridized carbons (Fsp3) is 0.136. The van der Waals surface area contributed by atoms with Crippen LogP contribution >= 0.6 is 27.3 Å². The lowest BCUT2D eigenvalue weighted by Crippen LogP contribution is -2.25. The van der Waals surface area contributed by atoms with Crippen LogP contribution in [0, 0.1) is 12.7 Å². The molecule has 0 saturated heterocycles. The van der Waals surface area contributed by atoms with Gasteiger partial charge in [0.25, 0.3) is 5.91 Å². The van der Waals surface area contributed by atoms with Gasteiger partial charge in [0.15, 0.2) is 0 Å². The number of fused-ring (bicyclic) bond motifs is 1. The van der Waals surface area contributed by atoms with Crippen molar-refractivity contribution in [3.05, 3.63) is 92.7 Å². The first-order chi connectivity index (χ1) is 13.5. The standard InChI is InChI=1S/C22H18BrFN2OS/c1-14-2-4-16(5-3-14)12-26-19(10-20-21(26)18(23)13-28-20)22(27)25-11-15-6-8-17(24)9-7-15/h2-10,13H,11-12H2,1H3,(H,25,27). The summed E-state index contributed by atoms with van der Waals surface area (Å²) in [5.41, 5.74) is 4.83. The first kappa shape index (κ1) is 18.9.